The molecule has 0 saturated carbocycles. The van der Waals surface area contributed by atoms with Crippen LogP contribution in [0, 0.1) is 0 Å². The normalized spacial score (nSPS) is 15.1. The summed E-state index contributed by atoms with van der Waals surface area (Å²) in [6.45, 7) is 1.23. The molecule has 3 aromatic rings. The summed E-state index contributed by atoms with van der Waals surface area (Å²) in [5, 5.41) is 2.75. The minimum atomic E-state index is -3.67. The minimum Gasteiger partial charge on any atom is -0.379 e. The van der Waals surface area contributed by atoms with Crippen LogP contribution in [0.1, 0.15) is 10.4 Å². The maximum absolute atomic E-state index is 12.8. The van der Waals surface area contributed by atoms with E-state index >= 15 is 0 Å². The quantitative estimate of drug-likeness (QED) is 0.576. The average molecular weight is 459 g/mol. The van der Waals surface area contributed by atoms with Crippen molar-refractivity contribution >= 4 is 32.7 Å². The number of fused-ring (bicyclic) bond motifs is 1. The van der Waals surface area contributed by atoms with Crippen molar-refractivity contribution in [3.05, 3.63) is 62.9 Å². The molecule has 168 valence electrons. The van der Waals surface area contributed by atoms with E-state index in [2.05, 4.69) is 10.3 Å². The van der Waals surface area contributed by atoms with E-state index in [0.717, 1.165) is 4.57 Å². The van der Waals surface area contributed by atoms with E-state index in [-0.39, 0.29) is 40.3 Å². The predicted molar refractivity (Wildman–Crippen MR) is 116 cm³/mol. The predicted octanol–water partition coefficient (Wildman–Crippen LogP) is -0.0946. The van der Waals surface area contributed by atoms with Crippen LogP contribution in [0.5, 0.6) is 0 Å². The van der Waals surface area contributed by atoms with Crippen molar-refractivity contribution in [3.8, 4) is 0 Å². The Labute approximate surface area is 182 Å². The fraction of sp³-hybridized carbons (Fsp3) is 0.300. The fourth-order valence-electron chi connectivity index (χ4n) is 3.50. The number of carbonyl (C=O) groups is 1. The first-order valence-corrected chi connectivity index (χ1v) is 11.2. The Hall–Kier alpha value is -3.35. The summed E-state index contributed by atoms with van der Waals surface area (Å²) in [5.74, 6) is -0.538. The third kappa shape index (κ3) is 3.72. The van der Waals surface area contributed by atoms with Gasteiger partial charge in [0.15, 0.2) is 5.65 Å². The number of rotatable bonds is 4. The molecule has 4 rings (SSSR count). The van der Waals surface area contributed by atoms with Crippen LogP contribution < -0.4 is 16.6 Å². The summed E-state index contributed by atoms with van der Waals surface area (Å²) >= 11 is 0. The fourth-order valence-corrected chi connectivity index (χ4v) is 4.91. The van der Waals surface area contributed by atoms with Crippen LogP contribution in [0.25, 0.3) is 11.0 Å². The molecule has 0 radical (unpaired) electrons. The van der Waals surface area contributed by atoms with Gasteiger partial charge in [0, 0.05) is 38.9 Å². The smallest absolute Gasteiger partial charge is 0.332 e. The molecule has 1 aliphatic rings. The molecule has 32 heavy (non-hydrogen) atoms. The lowest BCUT2D eigenvalue weighted by Crippen LogP contribution is -2.40. The number of amides is 1. The molecule has 2 aromatic heterocycles. The SMILES string of the molecule is Cn1c(=O)c2c(NC(=O)c3ccc(S(=O)(=O)N4CCOCC4)cc3)ccnc2n(C)c1=O. The number of nitrogens with one attached hydrogen (secondary N) is 1. The van der Waals surface area contributed by atoms with E-state index in [1.807, 2.05) is 0 Å². The number of aromatic nitrogens is 3. The van der Waals surface area contributed by atoms with Gasteiger partial charge < -0.3 is 10.1 Å². The maximum atomic E-state index is 12.8. The molecule has 1 aromatic carbocycles. The molecule has 1 aliphatic heterocycles. The molecular formula is C20H21N5O6S. The standard InChI is InChI=1S/C20H21N5O6S/c1-23-17-16(19(27)24(2)20(23)28)15(7-8-21-17)22-18(26)13-3-5-14(6-4-13)32(29,30)25-9-11-31-12-10-25/h3-8H,9-12H2,1-2H3,(H,21,22,26). The lowest BCUT2D eigenvalue weighted by atomic mass is 10.2. The van der Waals surface area contributed by atoms with Gasteiger partial charge in [0.2, 0.25) is 10.0 Å². The molecule has 1 N–H and O–H groups in total. The van der Waals surface area contributed by atoms with Crippen LogP contribution >= 0.6 is 0 Å². The number of carbonyl (C=O) groups excluding carboxylic acids is 1. The first kappa shape index (κ1) is 21.9. The topological polar surface area (TPSA) is 133 Å². The highest BCUT2D eigenvalue weighted by Gasteiger charge is 2.26. The van der Waals surface area contributed by atoms with Crippen LogP contribution in [0.15, 0.2) is 51.0 Å². The second kappa shape index (κ2) is 8.30. The molecule has 0 unspecified atom stereocenters. The molecule has 0 bridgehead atoms. The van der Waals surface area contributed by atoms with Crippen molar-refractivity contribution in [1.29, 1.82) is 0 Å². The summed E-state index contributed by atoms with van der Waals surface area (Å²) < 4.78 is 34.2. The van der Waals surface area contributed by atoms with Crippen LogP contribution in [0.2, 0.25) is 0 Å². The third-order valence-corrected chi connectivity index (χ3v) is 7.23. The van der Waals surface area contributed by atoms with Crippen molar-refractivity contribution < 1.29 is 17.9 Å². The number of aryl methyl sites for hydroxylation is 1. The number of morpholine rings is 1. The second-order valence-corrected chi connectivity index (χ2v) is 9.20. The number of benzene rings is 1. The number of hydrogen-bond acceptors (Lipinski definition) is 7. The zero-order chi connectivity index (χ0) is 23.0. The van der Waals surface area contributed by atoms with E-state index in [0.29, 0.717) is 13.2 Å². The zero-order valence-corrected chi connectivity index (χ0v) is 18.3. The molecule has 0 spiro atoms. The summed E-state index contributed by atoms with van der Waals surface area (Å²) in [6.07, 6.45) is 1.38. The zero-order valence-electron chi connectivity index (χ0n) is 17.4. The van der Waals surface area contributed by atoms with E-state index < -0.39 is 27.2 Å². The Morgan fingerprint density at radius 3 is 2.34 bits per heavy atom. The molecule has 3 heterocycles. The molecular weight excluding hydrogens is 438 g/mol. The van der Waals surface area contributed by atoms with Gasteiger partial charge in [0.25, 0.3) is 11.5 Å². The summed E-state index contributed by atoms with van der Waals surface area (Å²) in [5.41, 5.74) is -0.574. The van der Waals surface area contributed by atoms with Gasteiger partial charge in [-0.2, -0.15) is 4.31 Å². The molecule has 12 heteroatoms. The van der Waals surface area contributed by atoms with E-state index in [4.69, 9.17) is 4.74 Å². The van der Waals surface area contributed by atoms with Gasteiger partial charge in [0.05, 0.1) is 23.8 Å². The number of pyridine rings is 1. The third-order valence-electron chi connectivity index (χ3n) is 5.31. The average Bonchev–Trinajstić information content (AvgIpc) is 2.81. The van der Waals surface area contributed by atoms with Crippen LogP contribution in [-0.4, -0.2) is 59.1 Å². The second-order valence-electron chi connectivity index (χ2n) is 7.26. The van der Waals surface area contributed by atoms with Crippen LogP contribution in [0.3, 0.4) is 0 Å². The molecule has 1 saturated heterocycles. The Bertz CT molecular complexity index is 1420. The Morgan fingerprint density at radius 2 is 1.69 bits per heavy atom. The first-order valence-electron chi connectivity index (χ1n) is 9.76. The van der Waals surface area contributed by atoms with Crippen LogP contribution in [-0.2, 0) is 28.9 Å². The summed E-state index contributed by atoms with van der Waals surface area (Å²) in [4.78, 5) is 41.7. The Morgan fingerprint density at radius 1 is 1.03 bits per heavy atom. The first-order chi connectivity index (χ1) is 15.2. The van der Waals surface area contributed by atoms with E-state index in [1.165, 1.54) is 59.5 Å². The van der Waals surface area contributed by atoms with Crippen molar-refractivity contribution in [2.75, 3.05) is 31.6 Å². The molecule has 1 fully saturated rings. The van der Waals surface area contributed by atoms with Gasteiger partial charge in [-0.3, -0.25) is 18.7 Å². The minimum absolute atomic E-state index is 0.0779. The van der Waals surface area contributed by atoms with Gasteiger partial charge in [-0.25, -0.2) is 18.2 Å². The van der Waals surface area contributed by atoms with Crippen molar-refractivity contribution in [2.24, 2.45) is 14.1 Å². The molecule has 0 atom stereocenters. The number of ether oxygens (including phenoxy) is 1. The highest BCUT2D eigenvalue weighted by atomic mass is 32.2. The van der Waals surface area contributed by atoms with Gasteiger partial charge in [-0.15, -0.1) is 0 Å². The van der Waals surface area contributed by atoms with E-state index in [1.54, 1.807) is 0 Å². The van der Waals surface area contributed by atoms with Gasteiger partial charge in [-0.1, -0.05) is 0 Å². The Kier molecular flexibility index (Phi) is 5.67. The van der Waals surface area contributed by atoms with Gasteiger partial charge >= 0.3 is 5.69 Å². The molecule has 1 amide bonds. The van der Waals surface area contributed by atoms with E-state index in [9.17, 15) is 22.8 Å². The molecule has 0 aliphatic carbocycles. The highest BCUT2D eigenvalue weighted by molar-refractivity contribution is 7.89. The summed E-state index contributed by atoms with van der Waals surface area (Å²) in [7, 11) is -0.848. The number of hydrogen-bond donors (Lipinski definition) is 1. The number of anilines is 1. The maximum Gasteiger partial charge on any atom is 0.332 e. The summed E-state index contributed by atoms with van der Waals surface area (Å²) in [6, 6.07) is 7.00. The largest absolute Gasteiger partial charge is 0.379 e. The molecule has 11 nitrogen and oxygen atoms in total. The lowest BCUT2D eigenvalue weighted by Gasteiger charge is -2.26. The monoisotopic (exact) mass is 459 g/mol. The lowest BCUT2D eigenvalue weighted by molar-refractivity contribution is 0.0730. The van der Waals surface area contributed by atoms with Crippen molar-refractivity contribution in [1.82, 2.24) is 18.4 Å². The van der Waals surface area contributed by atoms with Crippen LogP contribution in [0.4, 0.5) is 5.69 Å². The number of sulfonamides is 1. The van der Waals surface area contributed by atoms with Gasteiger partial charge in [0.1, 0.15) is 5.39 Å². The number of nitrogens with zero attached hydrogens (tertiary/aromatic N) is 4. The Balaban J connectivity index is 1.64. The van der Waals surface area contributed by atoms with Crippen molar-refractivity contribution in [3.63, 3.8) is 0 Å². The van der Waals surface area contributed by atoms with Crippen molar-refractivity contribution in [2.45, 2.75) is 4.90 Å². The highest BCUT2D eigenvalue weighted by Crippen LogP contribution is 2.20. The van der Waals surface area contributed by atoms with Gasteiger partial charge in [-0.05, 0) is 30.3 Å².